The lowest BCUT2D eigenvalue weighted by atomic mass is 9.69. The van der Waals surface area contributed by atoms with Crippen LogP contribution in [0.15, 0.2) is 0 Å². The normalized spacial score (nSPS) is 34.0. The molecule has 0 aromatic heterocycles. The Morgan fingerprint density at radius 2 is 1.29 bits per heavy atom. The van der Waals surface area contributed by atoms with Crippen molar-refractivity contribution in [2.24, 2.45) is 23.7 Å². The van der Waals surface area contributed by atoms with Crippen LogP contribution < -0.4 is 0 Å². The molecule has 0 unspecified atom stereocenters. The summed E-state index contributed by atoms with van der Waals surface area (Å²) in [5, 5.41) is 0. The number of hydrogen-bond acceptors (Lipinski definition) is 1. The molecule has 1 heteroatoms. The van der Waals surface area contributed by atoms with Gasteiger partial charge in [0.1, 0.15) is 0 Å². The van der Waals surface area contributed by atoms with Crippen LogP contribution in [0.3, 0.4) is 0 Å². The molecular weight excluding hydrogens is 256 g/mol. The summed E-state index contributed by atoms with van der Waals surface area (Å²) in [6.45, 7) is 6.35. The van der Waals surface area contributed by atoms with E-state index in [1.807, 2.05) is 0 Å². The lowest BCUT2D eigenvalue weighted by Gasteiger charge is -2.38. The van der Waals surface area contributed by atoms with Crippen LogP contribution in [0, 0.1) is 23.7 Å². The Balaban J connectivity index is 1.60. The lowest BCUT2D eigenvalue weighted by Crippen LogP contribution is -2.27. The first-order chi connectivity index (χ1) is 10.3. The Morgan fingerprint density at radius 3 is 1.81 bits per heavy atom. The van der Waals surface area contributed by atoms with Crippen molar-refractivity contribution in [1.29, 1.82) is 0 Å². The van der Waals surface area contributed by atoms with Gasteiger partial charge in [-0.25, -0.2) is 0 Å². The fourth-order valence-electron chi connectivity index (χ4n) is 4.74. The third-order valence-corrected chi connectivity index (χ3v) is 6.22. The molecule has 2 fully saturated rings. The smallest absolute Gasteiger partial charge is 0.0494 e. The maximum Gasteiger partial charge on any atom is 0.0494 e. The summed E-state index contributed by atoms with van der Waals surface area (Å²) >= 11 is 0. The van der Waals surface area contributed by atoms with Crippen LogP contribution in [-0.4, -0.2) is 13.2 Å². The van der Waals surface area contributed by atoms with Gasteiger partial charge in [-0.2, -0.15) is 0 Å². The first-order valence-electron chi connectivity index (χ1n) is 9.91. The van der Waals surface area contributed by atoms with E-state index >= 15 is 0 Å². The van der Waals surface area contributed by atoms with Crippen molar-refractivity contribution < 1.29 is 4.74 Å². The van der Waals surface area contributed by atoms with Crippen LogP contribution in [0.5, 0.6) is 0 Å². The molecule has 21 heavy (non-hydrogen) atoms. The van der Waals surface area contributed by atoms with Gasteiger partial charge in [-0.3, -0.25) is 0 Å². The molecule has 2 aliphatic rings. The Morgan fingerprint density at radius 1 is 0.714 bits per heavy atom. The molecule has 0 bridgehead atoms. The van der Waals surface area contributed by atoms with Crippen molar-refractivity contribution in [1.82, 2.24) is 0 Å². The van der Waals surface area contributed by atoms with Gasteiger partial charge in [-0.15, -0.1) is 0 Å². The maximum absolute atomic E-state index is 5.61. The van der Waals surface area contributed by atoms with Gasteiger partial charge in [0.25, 0.3) is 0 Å². The van der Waals surface area contributed by atoms with Crippen LogP contribution in [0.1, 0.15) is 90.9 Å². The van der Waals surface area contributed by atoms with E-state index in [0.29, 0.717) is 0 Å². The van der Waals surface area contributed by atoms with Gasteiger partial charge in [-0.1, -0.05) is 45.4 Å². The van der Waals surface area contributed by atoms with Crippen molar-refractivity contribution in [3.05, 3.63) is 0 Å². The summed E-state index contributed by atoms with van der Waals surface area (Å²) in [5.74, 6) is 4.06. The lowest BCUT2D eigenvalue weighted by molar-refractivity contribution is 0.0710. The second kappa shape index (κ2) is 9.87. The molecule has 0 heterocycles. The number of hydrogen-bond donors (Lipinski definition) is 0. The quantitative estimate of drug-likeness (QED) is 0.483. The van der Waals surface area contributed by atoms with Gasteiger partial charge < -0.3 is 4.74 Å². The summed E-state index contributed by atoms with van der Waals surface area (Å²) in [5.41, 5.74) is 0. The van der Waals surface area contributed by atoms with Crippen LogP contribution in [-0.2, 0) is 4.74 Å². The predicted octanol–water partition coefficient (Wildman–Crippen LogP) is 6.22. The fraction of sp³-hybridized carbons (Fsp3) is 1.00. The molecule has 2 saturated carbocycles. The molecule has 0 radical (unpaired) electrons. The largest absolute Gasteiger partial charge is 0.381 e. The SMILES string of the molecule is CCCCCC1CCC(C2CCC(COCC)CC2)CC1. The first kappa shape index (κ1) is 17.3. The zero-order valence-electron chi connectivity index (χ0n) is 14.6. The molecule has 1 nitrogen and oxygen atoms in total. The summed E-state index contributed by atoms with van der Waals surface area (Å²) < 4.78 is 5.61. The fourth-order valence-corrected chi connectivity index (χ4v) is 4.74. The average Bonchev–Trinajstić information content (AvgIpc) is 2.54. The molecule has 0 amide bonds. The second-order valence-corrected chi connectivity index (χ2v) is 7.72. The Bertz CT molecular complexity index is 247. The van der Waals surface area contributed by atoms with Gasteiger partial charge in [0, 0.05) is 13.2 Å². The number of rotatable bonds is 8. The Labute approximate surface area is 133 Å². The molecular formula is C20H38O. The van der Waals surface area contributed by atoms with Gasteiger partial charge in [0.2, 0.25) is 0 Å². The molecule has 2 aliphatic carbocycles. The number of unbranched alkanes of at least 4 members (excludes halogenated alkanes) is 2. The van der Waals surface area contributed by atoms with Crippen LogP contribution in [0.4, 0.5) is 0 Å². The summed E-state index contributed by atoms with van der Waals surface area (Å²) in [6, 6.07) is 0. The van der Waals surface area contributed by atoms with Crippen LogP contribution in [0.2, 0.25) is 0 Å². The van der Waals surface area contributed by atoms with Gasteiger partial charge in [-0.05, 0) is 69.1 Å². The van der Waals surface area contributed by atoms with E-state index in [-0.39, 0.29) is 0 Å². The highest BCUT2D eigenvalue weighted by molar-refractivity contribution is 4.82. The van der Waals surface area contributed by atoms with Crippen LogP contribution in [0.25, 0.3) is 0 Å². The Hall–Kier alpha value is -0.0400. The topological polar surface area (TPSA) is 9.23 Å². The summed E-state index contributed by atoms with van der Waals surface area (Å²) in [7, 11) is 0. The van der Waals surface area contributed by atoms with Crippen LogP contribution >= 0.6 is 0 Å². The minimum Gasteiger partial charge on any atom is -0.381 e. The highest BCUT2D eigenvalue weighted by Crippen LogP contribution is 2.42. The maximum atomic E-state index is 5.61. The third kappa shape index (κ3) is 5.93. The molecule has 0 saturated heterocycles. The molecule has 0 aromatic rings. The van der Waals surface area contributed by atoms with Gasteiger partial charge in [0.05, 0.1) is 0 Å². The zero-order chi connectivity index (χ0) is 14.9. The van der Waals surface area contributed by atoms with Crippen molar-refractivity contribution in [2.45, 2.75) is 90.9 Å². The minimum atomic E-state index is 0.867. The monoisotopic (exact) mass is 294 g/mol. The molecule has 0 spiro atoms. The molecule has 0 N–H and O–H groups in total. The summed E-state index contributed by atoms with van der Waals surface area (Å²) in [4.78, 5) is 0. The van der Waals surface area contributed by atoms with Gasteiger partial charge in [0.15, 0.2) is 0 Å². The van der Waals surface area contributed by atoms with Crippen molar-refractivity contribution in [2.75, 3.05) is 13.2 Å². The van der Waals surface area contributed by atoms with Crippen molar-refractivity contribution >= 4 is 0 Å². The van der Waals surface area contributed by atoms with E-state index in [1.165, 1.54) is 77.0 Å². The number of ether oxygens (including phenoxy) is 1. The second-order valence-electron chi connectivity index (χ2n) is 7.72. The van der Waals surface area contributed by atoms with E-state index in [0.717, 1.165) is 36.9 Å². The first-order valence-corrected chi connectivity index (χ1v) is 9.91. The Kier molecular flexibility index (Phi) is 8.14. The average molecular weight is 295 g/mol. The minimum absolute atomic E-state index is 0.867. The molecule has 0 aliphatic heterocycles. The molecule has 2 rings (SSSR count). The van der Waals surface area contributed by atoms with E-state index in [2.05, 4.69) is 13.8 Å². The third-order valence-electron chi connectivity index (χ3n) is 6.22. The zero-order valence-corrected chi connectivity index (χ0v) is 14.6. The van der Waals surface area contributed by atoms with E-state index in [9.17, 15) is 0 Å². The highest BCUT2D eigenvalue weighted by Gasteiger charge is 2.30. The standard InChI is InChI=1S/C20H38O/c1-3-5-6-7-17-8-12-19(13-9-17)20-14-10-18(11-15-20)16-21-4-2/h17-20H,3-16H2,1-2H3. The predicted molar refractivity (Wildman–Crippen MR) is 91.5 cm³/mol. The molecule has 0 aromatic carbocycles. The van der Waals surface area contributed by atoms with Gasteiger partial charge >= 0.3 is 0 Å². The highest BCUT2D eigenvalue weighted by atomic mass is 16.5. The van der Waals surface area contributed by atoms with Crippen molar-refractivity contribution in [3.63, 3.8) is 0 Å². The van der Waals surface area contributed by atoms with E-state index in [4.69, 9.17) is 4.74 Å². The molecule has 0 atom stereocenters. The molecule has 124 valence electrons. The van der Waals surface area contributed by atoms with E-state index in [1.54, 1.807) is 0 Å². The van der Waals surface area contributed by atoms with E-state index < -0.39 is 0 Å². The van der Waals surface area contributed by atoms with Crippen molar-refractivity contribution in [3.8, 4) is 0 Å². The summed E-state index contributed by atoms with van der Waals surface area (Å²) in [6.07, 6.45) is 17.8.